The minimum Gasteiger partial charge on any atom is -0.494 e. The molecule has 0 aliphatic heterocycles. The summed E-state index contributed by atoms with van der Waals surface area (Å²) in [4.78, 5) is 11.7. The Morgan fingerprint density at radius 3 is 1.83 bits per heavy atom. The normalized spacial score (nSPS) is 12.0. The van der Waals surface area contributed by atoms with E-state index >= 15 is 0 Å². The fourth-order valence-corrected chi connectivity index (χ4v) is 3.25. The van der Waals surface area contributed by atoms with Crippen LogP contribution in [0, 0.1) is 5.92 Å². The predicted molar refractivity (Wildman–Crippen MR) is 129 cm³/mol. The Morgan fingerprint density at radius 2 is 1.30 bits per heavy atom. The second-order valence-electron chi connectivity index (χ2n) is 8.09. The van der Waals surface area contributed by atoms with Gasteiger partial charge in [0.05, 0.1) is 6.61 Å². The lowest BCUT2D eigenvalue weighted by atomic mass is 10.1. The van der Waals surface area contributed by atoms with Crippen molar-refractivity contribution in [1.29, 1.82) is 0 Å². The molecule has 1 atom stereocenters. The number of halogens is 1. The van der Waals surface area contributed by atoms with E-state index in [0.717, 1.165) is 29.9 Å². The minimum absolute atomic E-state index is 0.184. The molecule has 164 valence electrons. The molecule has 0 aromatic heterocycles. The lowest BCUT2D eigenvalue weighted by Crippen LogP contribution is -2.24. The number of hydrogen-bond donors (Lipinski definition) is 0. The number of carbonyl (C=O) groups is 1. The third-order valence-electron chi connectivity index (χ3n) is 5.09. The molecule has 3 nitrogen and oxygen atoms in total. The fourth-order valence-electron chi connectivity index (χ4n) is 3.15. The molecule has 2 aromatic rings. The number of benzene rings is 2. The Kier molecular flexibility index (Phi) is 11.0. The summed E-state index contributed by atoms with van der Waals surface area (Å²) in [6.45, 7) is 6.98. The van der Waals surface area contributed by atoms with E-state index in [1.807, 2.05) is 50.2 Å². The quantitative estimate of drug-likeness (QED) is 0.128. The number of alkyl halides is 1. The molecule has 0 fully saturated rings. The molecule has 0 amide bonds. The highest BCUT2D eigenvalue weighted by Gasteiger charge is 2.20. The molecule has 1 unspecified atom stereocenters. The highest BCUT2D eigenvalue weighted by atomic mass is 79.9. The van der Waals surface area contributed by atoms with E-state index in [4.69, 9.17) is 9.47 Å². The number of carbonyl (C=O) groups excluding carboxylic acids is 1. The molecule has 2 aromatic carbocycles. The van der Waals surface area contributed by atoms with Gasteiger partial charge in [-0.2, -0.15) is 0 Å². The fraction of sp³-hybridized carbons (Fsp3) is 0.500. The first-order valence-corrected chi connectivity index (χ1v) is 12.1. The van der Waals surface area contributed by atoms with Crippen LogP contribution in [0.3, 0.4) is 0 Å². The minimum atomic E-state index is -0.300. The largest absolute Gasteiger partial charge is 0.494 e. The number of ether oxygens (including phenoxy) is 2. The summed E-state index contributed by atoms with van der Waals surface area (Å²) >= 11 is 3.38. The Balaban J connectivity index is 1.77. The molecule has 0 heterocycles. The number of rotatable bonds is 13. The van der Waals surface area contributed by atoms with Crippen LogP contribution in [-0.2, 0) is 4.79 Å². The monoisotopic (exact) mass is 474 g/mol. The maximum absolute atomic E-state index is 12.0. The van der Waals surface area contributed by atoms with Gasteiger partial charge < -0.3 is 9.47 Å². The first kappa shape index (κ1) is 24.5. The summed E-state index contributed by atoms with van der Waals surface area (Å²) in [6.07, 6.45) is 9.01. The molecule has 0 aliphatic carbocycles. The van der Waals surface area contributed by atoms with Gasteiger partial charge in [-0.25, -0.2) is 0 Å². The van der Waals surface area contributed by atoms with E-state index in [9.17, 15) is 4.79 Å². The summed E-state index contributed by atoms with van der Waals surface area (Å²) in [5, 5.41) is 0. The van der Waals surface area contributed by atoms with Crippen molar-refractivity contribution in [3.63, 3.8) is 0 Å². The topological polar surface area (TPSA) is 35.5 Å². The van der Waals surface area contributed by atoms with Crippen LogP contribution in [0.15, 0.2) is 48.5 Å². The maximum atomic E-state index is 12.0. The van der Waals surface area contributed by atoms with Crippen molar-refractivity contribution >= 4 is 21.9 Å². The average molecular weight is 475 g/mol. The first-order chi connectivity index (χ1) is 14.5. The Hall–Kier alpha value is -1.81. The molecule has 4 heteroatoms. The van der Waals surface area contributed by atoms with Crippen LogP contribution < -0.4 is 9.47 Å². The lowest BCUT2D eigenvalue weighted by Gasteiger charge is -2.13. The van der Waals surface area contributed by atoms with E-state index in [1.54, 1.807) is 0 Å². The van der Waals surface area contributed by atoms with Gasteiger partial charge in [-0.1, -0.05) is 99.5 Å². The van der Waals surface area contributed by atoms with E-state index in [-0.39, 0.29) is 16.7 Å². The second-order valence-corrected chi connectivity index (χ2v) is 9.07. The van der Waals surface area contributed by atoms with Crippen LogP contribution in [0.2, 0.25) is 0 Å². The van der Waals surface area contributed by atoms with Gasteiger partial charge in [-0.05, 0) is 47.7 Å². The summed E-state index contributed by atoms with van der Waals surface area (Å²) in [6, 6.07) is 15.8. The van der Waals surface area contributed by atoms with Crippen LogP contribution in [-0.4, -0.2) is 17.4 Å². The SMILES string of the molecule is CCCCCCCCCOc1ccc(-c2ccc(OC(=O)C(Br)C(C)C)cc2)cc1. The smallest absolute Gasteiger partial charge is 0.325 e. The molecular weight excluding hydrogens is 440 g/mol. The van der Waals surface area contributed by atoms with Crippen molar-refractivity contribution in [3.05, 3.63) is 48.5 Å². The summed E-state index contributed by atoms with van der Waals surface area (Å²) < 4.78 is 11.3. The molecule has 0 saturated carbocycles. The zero-order valence-corrected chi connectivity index (χ0v) is 20.1. The lowest BCUT2D eigenvalue weighted by molar-refractivity contribution is -0.134. The van der Waals surface area contributed by atoms with Gasteiger partial charge in [0.2, 0.25) is 0 Å². The molecule has 0 spiro atoms. The van der Waals surface area contributed by atoms with Crippen molar-refractivity contribution in [2.45, 2.75) is 70.5 Å². The first-order valence-electron chi connectivity index (χ1n) is 11.2. The molecule has 0 N–H and O–H groups in total. The molecule has 0 radical (unpaired) electrons. The standard InChI is InChI=1S/C26H35BrO3/c1-4-5-6-7-8-9-10-19-29-23-15-11-21(12-16-23)22-13-17-24(18-14-22)30-26(28)25(27)20(2)3/h11-18,20,25H,4-10,19H2,1-3H3. The zero-order chi connectivity index (χ0) is 21.8. The predicted octanol–water partition coefficient (Wildman–Crippen LogP) is 7.81. The third kappa shape index (κ3) is 8.51. The second kappa shape index (κ2) is 13.5. The van der Waals surface area contributed by atoms with Gasteiger partial charge in [-0.3, -0.25) is 4.79 Å². The van der Waals surface area contributed by atoms with Crippen LogP contribution in [0.25, 0.3) is 11.1 Å². The zero-order valence-electron chi connectivity index (χ0n) is 18.5. The third-order valence-corrected chi connectivity index (χ3v) is 6.52. The van der Waals surface area contributed by atoms with Crippen LogP contribution in [0.4, 0.5) is 0 Å². The van der Waals surface area contributed by atoms with E-state index in [0.29, 0.717) is 5.75 Å². The van der Waals surface area contributed by atoms with Gasteiger partial charge in [0.1, 0.15) is 16.3 Å². The van der Waals surface area contributed by atoms with Gasteiger partial charge in [0.25, 0.3) is 0 Å². The highest BCUT2D eigenvalue weighted by molar-refractivity contribution is 9.10. The average Bonchev–Trinajstić information content (AvgIpc) is 2.76. The van der Waals surface area contributed by atoms with Crippen molar-refractivity contribution in [3.8, 4) is 22.6 Å². The highest BCUT2D eigenvalue weighted by Crippen LogP contribution is 2.25. The summed E-state index contributed by atoms with van der Waals surface area (Å²) in [5.74, 6) is 1.39. The number of unbranched alkanes of at least 4 members (excludes halogenated alkanes) is 6. The van der Waals surface area contributed by atoms with Crippen molar-refractivity contribution in [1.82, 2.24) is 0 Å². The van der Waals surface area contributed by atoms with E-state index in [1.165, 1.54) is 38.5 Å². The Labute approximate surface area is 190 Å². The van der Waals surface area contributed by atoms with Crippen molar-refractivity contribution < 1.29 is 14.3 Å². The number of hydrogen-bond acceptors (Lipinski definition) is 3. The summed E-state index contributed by atoms with van der Waals surface area (Å²) in [7, 11) is 0. The molecule has 30 heavy (non-hydrogen) atoms. The molecule has 0 saturated heterocycles. The van der Waals surface area contributed by atoms with Crippen molar-refractivity contribution in [2.24, 2.45) is 5.92 Å². The van der Waals surface area contributed by atoms with Gasteiger partial charge >= 0.3 is 5.97 Å². The Bertz CT molecular complexity index is 738. The molecule has 0 aliphatic rings. The van der Waals surface area contributed by atoms with Gasteiger partial charge in [-0.15, -0.1) is 0 Å². The van der Waals surface area contributed by atoms with Gasteiger partial charge in [0, 0.05) is 0 Å². The molecular formula is C26H35BrO3. The van der Waals surface area contributed by atoms with Crippen LogP contribution in [0.1, 0.15) is 65.7 Å². The van der Waals surface area contributed by atoms with Crippen LogP contribution in [0.5, 0.6) is 11.5 Å². The maximum Gasteiger partial charge on any atom is 0.325 e. The molecule has 2 rings (SSSR count). The van der Waals surface area contributed by atoms with Gasteiger partial charge in [0.15, 0.2) is 0 Å². The Morgan fingerprint density at radius 1 is 0.800 bits per heavy atom. The summed E-state index contributed by atoms with van der Waals surface area (Å²) in [5.41, 5.74) is 2.18. The van der Waals surface area contributed by atoms with Crippen molar-refractivity contribution in [2.75, 3.05) is 6.61 Å². The number of esters is 1. The van der Waals surface area contributed by atoms with E-state index < -0.39 is 0 Å². The van der Waals surface area contributed by atoms with E-state index in [2.05, 4.69) is 35.0 Å². The van der Waals surface area contributed by atoms with Crippen LogP contribution >= 0.6 is 15.9 Å². The molecule has 0 bridgehead atoms.